The van der Waals surface area contributed by atoms with E-state index in [0.717, 1.165) is 49.0 Å². The number of aromatic nitrogens is 2. The summed E-state index contributed by atoms with van der Waals surface area (Å²) in [6, 6.07) is 9.77. The predicted octanol–water partition coefficient (Wildman–Crippen LogP) is 5.10. The third kappa shape index (κ3) is 4.20. The van der Waals surface area contributed by atoms with Gasteiger partial charge in [-0.25, -0.2) is 9.97 Å². The van der Waals surface area contributed by atoms with Gasteiger partial charge in [-0.05, 0) is 56.9 Å². The van der Waals surface area contributed by atoms with Gasteiger partial charge in [0.1, 0.15) is 0 Å². The molecule has 168 valence electrons. The van der Waals surface area contributed by atoms with Crippen molar-refractivity contribution in [1.82, 2.24) is 14.9 Å². The van der Waals surface area contributed by atoms with Crippen LogP contribution in [0.15, 0.2) is 36.5 Å². The Kier molecular flexibility index (Phi) is 6.44. The van der Waals surface area contributed by atoms with Crippen molar-refractivity contribution in [2.75, 3.05) is 26.1 Å². The number of likely N-dealkylation sites (tertiary alicyclic amines) is 1. The Hall–Kier alpha value is -3.35. The lowest BCUT2D eigenvalue weighted by atomic mass is 9.98. The normalized spacial score (nSPS) is 16.1. The second kappa shape index (κ2) is 9.42. The average molecular weight is 435 g/mol. The van der Waals surface area contributed by atoms with Crippen LogP contribution in [0.1, 0.15) is 48.7 Å². The molecule has 7 heteroatoms. The van der Waals surface area contributed by atoms with Crippen molar-refractivity contribution in [3.8, 4) is 11.5 Å². The minimum absolute atomic E-state index is 0.00880. The molecule has 0 aliphatic carbocycles. The SMILES string of the molecule is CCC1CCCCN1C(=O)c1cnc2nc(C)ccc2c1Nc1ccc(OC)c(OC)c1. The Balaban J connectivity index is 1.81. The number of carbonyl (C=O) groups excluding carboxylic acids is 1. The second-order valence-corrected chi connectivity index (χ2v) is 8.12. The zero-order chi connectivity index (χ0) is 22.7. The van der Waals surface area contributed by atoms with Crippen LogP contribution in [0.5, 0.6) is 11.5 Å². The van der Waals surface area contributed by atoms with E-state index >= 15 is 0 Å². The summed E-state index contributed by atoms with van der Waals surface area (Å²) >= 11 is 0. The lowest BCUT2D eigenvalue weighted by molar-refractivity contribution is 0.0609. The van der Waals surface area contributed by atoms with Crippen molar-refractivity contribution in [3.05, 3.63) is 47.8 Å². The summed E-state index contributed by atoms with van der Waals surface area (Å²) in [7, 11) is 3.21. The van der Waals surface area contributed by atoms with Gasteiger partial charge in [0.2, 0.25) is 0 Å². The Morgan fingerprint density at radius 1 is 1.16 bits per heavy atom. The lowest BCUT2D eigenvalue weighted by Gasteiger charge is -2.35. The fourth-order valence-electron chi connectivity index (χ4n) is 4.37. The number of anilines is 2. The topological polar surface area (TPSA) is 76.6 Å². The molecule has 1 N–H and O–H groups in total. The molecule has 1 aliphatic rings. The number of rotatable bonds is 6. The smallest absolute Gasteiger partial charge is 0.257 e. The molecule has 2 aromatic heterocycles. The first-order valence-corrected chi connectivity index (χ1v) is 11.1. The van der Waals surface area contributed by atoms with E-state index in [1.165, 1.54) is 0 Å². The molecule has 1 saturated heterocycles. The van der Waals surface area contributed by atoms with Gasteiger partial charge in [-0.2, -0.15) is 0 Å². The molecule has 32 heavy (non-hydrogen) atoms. The van der Waals surface area contributed by atoms with E-state index in [1.54, 1.807) is 20.4 Å². The van der Waals surface area contributed by atoms with E-state index in [2.05, 4.69) is 22.2 Å². The van der Waals surface area contributed by atoms with Crippen LogP contribution in [-0.2, 0) is 0 Å². The molecule has 1 aliphatic heterocycles. The minimum Gasteiger partial charge on any atom is -0.493 e. The first kappa shape index (κ1) is 21.9. The number of methoxy groups -OCH3 is 2. The quantitative estimate of drug-likeness (QED) is 0.581. The third-order valence-corrected chi connectivity index (χ3v) is 6.11. The number of ether oxygens (including phenoxy) is 2. The first-order chi connectivity index (χ1) is 15.5. The number of nitrogens with zero attached hydrogens (tertiary/aromatic N) is 3. The van der Waals surface area contributed by atoms with Crippen molar-refractivity contribution in [1.29, 1.82) is 0 Å². The minimum atomic E-state index is 0.00880. The van der Waals surface area contributed by atoms with Gasteiger partial charge in [0.25, 0.3) is 5.91 Å². The number of piperidine rings is 1. The van der Waals surface area contributed by atoms with Gasteiger partial charge in [0, 0.05) is 41.6 Å². The number of nitrogens with one attached hydrogen (secondary N) is 1. The van der Waals surface area contributed by atoms with Crippen LogP contribution in [0.4, 0.5) is 11.4 Å². The molecule has 0 saturated carbocycles. The van der Waals surface area contributed by atoms with Crippen LogP contribution in [0.3, 0.4) is 0 Å². The molecule has 7 nitrogen and oxygen atoms in total. The van der Waals surface area contributed by atoms with E-state index in [0.29, 0.717) is 28.4 Å². The molecule has 1 amide bonds. The van der Waals surface area contributed by atoms with Crippen LogP contribution in [-0.4, -0.2) is 47.6 Å². The van der Waals surface area contributed by atoms with E-state index in [9.17, 15) is 4.79 Å². The number of benzene rings is 1. The molecule has 1 atom stereocenters. The summed E-state index contributed by atoms with van der Waals surface area (Å²) in [6.45, 7) is 4.85. The molecule has 3 heterocycles. The molecule has 1 unspecified atom stereocenters. The van der Waals surface area contributed by atoms with Gasteiger partial charge in [0.15, 0.2) is 17.1 Å². The Morgan fingerprint density at radius 3 is 2.72 bits per heavy atom. The monoisotopic (exact) mass is 434 g/mol. The highest BCUT2D eigenvalue weighted by molar-refractivity contribution is 6.07. The van der Waals surface area contributed by atoms with Crippen LogP contribution in [0, 0.1) is 6.92 Å². The molecule has 0 radical (unpaired) electrons. The first-order valence-electron chi connectivity index (χ1n) is 11.1. The van der Waals surface area contributed by atoms with Crippen LogP contribution in [0.25, 0.3) is 11.0 Å². The van der Waals surface area contributed by atoms with Crippen molar-refractivity contribution in [2.24, 2.45) is 0 Å². The second-order valence-electron chi connectivity index (χ2n) is 8.12. The summed E-state index contributed by atoms with van der Waals surface area (Å²) in [4.78, 5) is 24.8. The highest BCUT2D eigenvalue weighted by Gasteiger charge is 2.29. The largest absolute Gasteiger partial charge is 0.493 e. The van der Waals surface area contributed by atoms with Gasteiger partial charge < -0.3 is 19.7 Å². The van der Waals surface area contributed by atoms with Crippen molar-refractivity contribution < 1.29 is 14.3 Å². The van der Waals surface area contributed by atoms with Crippen molar-refractivity contribution in [2.45, 2.75) is 45.6 Å². The van der Waals surface area contributed by atoms with Gasteiger partial charge in [-0.15, -0.1) is 0 Å². The maximum absolute atomic E-state index is 13.7. The van der Waals surface area contributed by atoms with Crippen LogP contribution in [0.2, 0.25) is 0 Å². The third-order valence-electron chi connectivity index (χ3n) is 6.11. The highest BCUT2D eigenvalue weighted by atomic mass is 16.5. The lowest BCUT2D eigenvalue weighted by Crippen LogP contribution is -2.43. The summed E-state index contributed by atoms with van der Waals surface area (Å²) in [5.74, 6) is 1.26. The maximum atomic E-state index is 13.7. The number of carbonyl (C=O) groups is 1. The van der Waals surface area contributed by atoms with E-state index in [-0.39, 0.29) is 11.9 Å². The Bertz CT molecular complexity index is 1130. The van der Waals surface area contributed by atoms with Gasteiger partial charge in [-0.3, -0.25) is 4.79 Å². The summed E-state index contributed by atoms with van der Waals surface area (Å²) in [6.07, 6.45) is 5.84. The van der Waals surface area contributed by atoms with Gasteiger partial charge in [0.05, 0.1) is 25.5 Å². The molecule has 1 aromatic carbocycles. The molecular formula is C25H30N4O3. The number of aryl methyl sites for hydroxylation is 1. The fourth-order valence-corrected chi connectivity index (χ4v) is 4.37. The summed E-state index contributed by atoms with van der Waals surface area (Å²) in [5.41, 5.74) is 3.53. The molecular weight excluding hydrogens is 404 g/mol. The Labute approximate surface area is 188 Å². The highest BCUT2D eigenvalue weighted by Crippen LogP contribution is 2.35. The standard InChI is InChI=1S/C25H30N4O3/c1-5-18-8-6-7-13-29(18)25(30)20-15-26-24-19(11-9-16(2)27-24)23(20)28-17-10-12-21(31-3)22(14-17)32-4/h9-12,14-15,18H,5-8,13H2,1-4H3,(H,26,27,28). The zero-order valence-electron chi connectivity index (χ0n) is 19.1. The number of fused-ring (bicyclic) bond motifs is 1. The maximum Gasteiger partial charge on any atom is 0.257 e. The zero-order valence-corrected chi connectivity index (χ0v) is 19.1. The number of pyridine rings is 2. The average Bonchev–Trinajstić information content (AvgIpc) is 2.83. The number of amides is 1. The Morgan fingerprint density at radius 2 is 1.97 bits per heavy atom. The van der Waals surface area contributed by atoms with Crippen LogP contribution >= 0.6 is 0 Å². The van der Waals surface area contributed by atoms with E-state index in [1.807, 2.05) is 42.2 Å². The summed E-state index contributed by atoms with van der Waals surface area (Å²) < 4.78 is 10.8. The van der Waals surface area contributed by atoms with Gasteiger partial charge >= 0.3 is 0 Å². The molecule has 0 spiro atoms. The van der Waals surface area contributed by atoms with Crippen molar-refractivity contribution in [3.63, 3.8) is 0 Å². The summed E-state index contributed by atoms with van der Waals surface area (Å²) in [5, 5.41) is 4.26. The molecule has 1 fully saturated rings. The van der Waals surface area contributed by atoms with E-state index in [4.69, 9.17) is 9.47 Å². The van der Waals surface area contributed by atoms with Crippen molar-refractivity contribution >= 4 is 28.3 Å². The van der Waals surface area contributed by atoms with E-state index < -0.39 is 0 Å². The van der Waals surface area contributed by atoms with Crippen LogP contribution < -0.4 is 14.8 Å². The number of hydrogen-bond donors (Lipinski definition) is 1. The molecule has 4 rings (SSSR count). The van der Waals surface area contributed by atoms with Gasteiger partial charge in [-0.1, -0.05) is 6.92 Å². The molecule has 3 aromatic rings. The number of hydrogen-bond acceptors (Lipinski definition) is 6. The molecule has 0 bridgehead atoms. The fraction of sp³-hybridized carbons (Fsp3) is 0.400. The predicted molar refractivity (Wildman–Crippen MR) is 126 cm³/mol.